The van der Waals surface area contributed by atoms with Crippen LogP contribution in [0.2, 0.25) is 0 Å². The Morgan fingerprint density at radius 2 is 2.27 bits per heavy atom. The van der Waals surface area contributed by atoms with Crippen LogP contribution >= 0.6 is 0 Å². The lowest BCUT2D eigenvalue weighted by molar-refractivity contribution is -0.114. The molecule has 0 atom stereocenters. The molecule has 11 heavy (non-hydrogen) atoms. The second-order valence-electron chi connectivity index (χ2n) is 2.97. The van der Waals surface area contributed by atoms with Gasteiger partial charge in [0.1, 0.15) is 5.76 Å². The summed E-state index contributed by atoms with van der Waals surface area (Å²) in [5.74, 6) is 0.238. The Kier molecular flexibility index (Phi) is 2.29. The van der Waals surface area contributed by atoms with Crippen LogP contribution in [0.3, 0.4) is 0 Å². The normalized spacial score (nSPS) is 20.5. The van der Waals surface area contributed by atoms with Crippen molar-refractivity contribution in [2.75, 3.05) is 20.1 Å². The molecule has 0 saturated heterocycles. The van der Waals surface area contributed by atoms with E-state index in [2.05, 4.69) is 0 Å². The lowest BCUT2D eigenvalue weighted by atomic mass is 10.0. The molecule has 0 aromatic rings. The van der Waals surface area contributed by atoms with Gasteiger partial charge in [0.05, 0.1) is 6.54 Å². The zero-order chi connectivity index (χ0) is 8.43. The van der Waals surface area contributed by atoms with Crippen LogP contribution in [-0.2, 0) is 4.79 Å². The average Bonchev–Trinajstić information content (AvgIpc) is 1.85. The Hall–Kier alpha value is -0.830. The number of rotatable bonds is 1. The number of carbonyl (C=O) groups excluding carboxylic acids is 1. The van der Waals surface area contributed by atoms with E-state index in [0.29, 0.717) is 18.5 Å². The highest BCUT2D eigenvalue weighted by molar-refractivity contribution is 5.93. The van der Waals surface area contributed by atoms with Gasteiger partial charge in [0.15, 0.2) is 5.78 Å². The number of carbonyl (C=O) groups is 1. The molecular weight excluding hydrogens is 142 g/mol. The summed E-state index contributed by atoms with van der Waals surface area (Å²) in [5.41, 5.74) is 0.600. The van der Waals surface area contributed by atoms with Crippen molar-refractivity contribution in [2.24, 2.45) is 0 Å². The summed E-state index contributed by atoms with van der Waals surface area (Å²) in [4.78, 5) is 12.9. The van der Waals surface area contributed by atoms with E-state index >= 15 is 0 Å². The van der Waals surface area contributed by atoms with Gasteiger partial charge in [-0.3, -0.25) is 9.69 Å². The number of aliphatic hydroxyl groups excluding tert-OH is 1. The molecule has 0 aromatic carbocycles. The molecule has 3 heteroatoms. The maximum atomic E-state index is 10.9. The molecule has 0 amide bonds. The summed E-state index contributed by atoms with van der Waals surface area (Å²) >= 11 is 0. The molecule has 1 aliphatic rings. The van der Waals surface area contributed by atoms with Gasteiger partial charge in [-0.25, -0.2) is 0 Å². The Bertz CT molecular complexity index is 208. The highest BCUT2D eigenvalue weighted by atomic mass is 16.3. The Labute approximate surface area is 66.3 Å². The van der Waals surface area contributed by atoms with Gasteiger partial charge < -0.3 is 5.11 Å². The zero-order valence-corrected chi connectivity index (χ0v) is 6.92. The van der Waals surface area contributed by atoms with E-state index in [1.165, 1.54) is 6.92 Å². The fourth-order valence-corrected chi connectivity index (χ4v) is 1.26. The Balaban J connectivity index is 2.78. The van der Waals surface area contributed by atoms with E-state index in [0.717, 1.165) is 6.54 Å². The summed E-state index contributed by atoms with van der Waals surface area (Å²) in [6, 6.07) is 0. The second kappa shape index (κ2) is 3.05. The second-order valence-corrected chi connectivity index (χ2v) is 2.97. The van der Waals surface area contributed by atoms with Gasteiger partial charge in [-0.2, -0.15) is 0 Å². The van der Waals surface area contributed by atoms with Crippen molar-refractivity contribution in [1.82, 2.24) is 4.90 Å². The first kappa shape index (κ1) is 8.27. The van der Waals surface area contributed by atoms with E-state index < -0.39 is 0 Å². The summed E-state index contributed by atoms with van der Waals surface area (Å²) in [6.07, 6.45) is 0.678. The molecule has 0 aromatic heterocycles. The molecule has 1 heterocycles. The van der Waals surface area contributed by atoms with Crippen molar-refractivity contribution in [3.63, 3.8) is 0 Å². The average molecular weight is 155 g/mol. The quantitative estimate of drug-likeness (QED) is 0.606. The molecule has 0 radical (unpaired) electrons. The molecule has 62 valence electrons. The number of Topliss-reactive ketones (excluding diaryl/α,β-unsaturated/α-hetero) is 1. The van der Waals surface area contributed by atoms with Crippen LogP contribution in [0.5, 0.6) is 0 Å². The predicted octanol–water partition coefficient (Wildman–Crippen LogP) is 0.723. The van der Waals surface area contributed by atoms with Gasteiger partial charge in [0.2, 0.25) is 0 Å². The number of hydrogen-bond donors (Lipinski definition) is 1. The summed E-state index contributed by atoms with van der Waals surface area (Å²) in [7, 11) is 1.92. The number of likely N-dealkylation sites (N-methyl/N-ethyl adjacent to an activating group) is 1. The predicted molar refractivity (Wildman–Crippen MR) is 42.4 cm³/mol. The van der Waals surface area contributed by atoms with Crippen LogP contribution in [0.25, 0.3) is 0 Å². The van der Waals surface area contributed by atoms with Gasteiger partial charge in [0, 0.05) is 12.1 Å². The highest BCUT2D eigenvalue weighted by Gasteiger charge is 2.17. The molecule has 1 aliphatic heterocycles. The van der Waals surface area contributed by atoms with E-state index in [4.69, 9.17) is 0 Å². The van der Waals surface area contributed by atoms with E-state index in [1.807, 2.05) is 11.9 Å². The number of ketones is 1. The Morgan fingerprint density at radius 1 is 1.64 bits per heavy atom. The molecular formula is C8H13NO2. The number of aliphatic hydroxyl groups is 1. The third kappa shape index (κ3) is 1.80. The molecule has 0 saturated carbocycles. The minimum Gasteiger partial charge on any atom is -0.511 e. The van der Waals surface area contributed by atoms with Crippen molar-refractivity contribution < 1.29 is 9.90 Å². The zero-order valence-electron chi connectivity index (χ0n) is 6.92. The largest absolute Gasteiger partial charge is 0.511 e. The Morgan fingerprint density at radius 3 is 2.73 bits per heavy atom. The molecule has 0 aliphatic carbocycles. The van der Waals surface area contributed by atoms with Gasteiger partial charge in [-0.15, -0.1) is 0 Å². The summed E-state index contributed by atoms with van der Waals surface area (Å²) < 4.78 is 0. The maximum Gasteiger partial charge on any atom is 0.159 e. The smallest absolute Gasteiger partial charge is 0.159 e. The molecule has 1 rings (SSSR count). The third-order valence-corrected chi connectivity index (χ3v) is 1.94. The van der Waals surface area contributed by atoms with Crippen molar-refractivity contribution in [2.45, 2.75) is 13.3 Å². The lowest BCUT2D eigenvalue weighted by Crippen LogP contribution is -2.29. The molecule has 0 unspecified atom stereocenters. The van der Waals surface area contributed by atoms with Crippen molar-refractivity contribution >= 4 is 5.78 Å². The molecule has 0 fully saturated rings. The van der Waals surface area contributed by atoms with E-state index in [9.17, 15) is 9.90 Å². The van der Waals surface area contributed by atoms with Crippen LogP contribution in [0.4, 0.5) is 0 Å². The van der Waals surface area contributed by atoms with Crippen LogP contribution in [0.15, 0.2) is 11.3 Å². The highest BCUT2D eigenvalue weighted by Crippen LogP contribution is 2.14. The molecule has 0 spiro atoms. The first-order chi connectivity index (χ1) is 5.11. The lowest BCUT2D eigenvalue weighted by Gasteiger charge is -2.23. The standard InChI is InChI=1S/C8H13NO2/c1-6(10)7-3-4-9(2)5-8(7)11/h11H,3-5H2,1-2H3. The number of nitrogens with zero attached hydrogens (tertiary/aromatic N) is 1. The van der Waals surface area contributed by atoms with Crippen LogP contribution in [-0.4, -0.2) is 35.9 Å². The summed E-state index contributed by atoms with van der Waals surface area (Å²) in [5, 5.41) is 9.33. The van der Waals surface area contributed by atoms with Crippen LogP contribution in [0.1, 0.15) is 13.3 Å². The van der Waals surface area contributed by atoms with Crippen molar-refractivity contribution in [1.29, 1.82) is 0 Å². The van der Waals surface area contributed by atoms with Crippen molar-refractivity contribution in [3.05, 3.63) is 11.3 Å². The van der Waals surface area contributed by atoms with Gasteiger partial charge in [-0.1, -0.05) is 0 Å². The van der Waals surface area contributed by atoms with Gasteiger partial charge >= 0.3 is 0 Å². The molecule has 0 bridgehead atoms. The number of hydrogen-bond acceptors (Lipinski definition) is 3. The topological polar surface area (TPSA) is 40.5 Å². The van der Waals surface area contributed by atoms with Gasteiger partial charge in [0.25, 0.3) is 0 Å². The minimum absolute atomic E-state index is 0.00407. The maximum absolute atomic E-state index is 10.9. The SMILES string of the molecule is CC(=O)C1=C(O)CN(C)CC1. The monoisotopic (exact) mass is 155 g/mol. The van der Waals surface area contributed by atoms with E-state index in [-0.39, 0.29) is 11.5 Å². The van der Waals surface area contributed by atoms with Gasteiger partial charge in [-0.05, 0) is 20.4 Å². The van der Waals surface area contributed by atoms with Crippen LogP contribution < -0.4 is 0 Å². The molecule has 3 nitrogen and oxygen atoms in total. The fraction of sp³-hybridized carbons (Fsp3) is 0.625. The summed E-state index contributed by atoms with van der Waals surface area (Å²) in [6.45, 7) is 2.87. The van der Waals surface area contributed by atoms with E-state index in [1.54, 1.807) is 0 Å². The first-order valence-electron chi connectivity index (χ1n) is 3.71. The van der Waals surface area contributed by atoms with Crippen LogP contribution in [0, 0.1) is 0 Å². The third-order valence-electron chi connectivity index (χ3n) is 1.94. The minimum atomic E-state index is -0.00407. The first-order valence-corrected chi connectivity index (χ1v) is 3.71. The van der Waals surface area contributed by atoms with Crippen molar-refractivity contribution in [3.8, 4) is 0 Å². The molecule has 1 N–H and O–H groups in total. The fourth-order valence-electron chi connectivity index (χ4n) is 1.26.